The van der Waals surface area contributed by atoms with Crippen molar-refractivity contribution in [3.8, 4) is 0 Å². The minimum absolute atomic E-state index is 0.0217. The van der Waals surface area contributed by atoms with Crippen LogP contribution in [0.5, 0.6) is 0 Å². The van der Waals surface area contributed by atoms with Gasteiger partial charge in [0.05, 0.1) is 18.1 Å². The van der Waals surface area contributed by atoms with Crippen LogP contribution in [-0.2, 0) is 19.4 Å². The summed E-state index contributed by atoms with van der Waals surface area (Å²) in [4.78, 5) is 23.9. The maximum absolute atomic E-state index is 12.1. The molecule has 0 bridgehead atoms. The molecule has 6 nitrogen and oxygen atoms in total. The molecule has 1 heterocycles. The quantitative estimate of drug-likeness (QED) is 0.804. The van der Waals surface area contributed by atoms with E-state index in [2.05, 4.69) is 10.6 Å². The monoisotopic (exact) mass is 370 g/mol. The molecule has 3 atom stereocenters. The summed E-state index contributed by atoms with van der Waals surface area (Å²) in [6.07, 6.45) is 1.18. The number of carbonyl (C=O) groups is 2. The van der Waals surface area contributed by atoms with Crippen LogP contribution in [0.1, 0.15) is 24.3 Å². The number of carbonyl (C=O) groups excluding carboxylic acids is 2. The number of amides is 2. The van der Waals surface area contributed by atoms with Gasteiger partial charge < -0.3 is 10.6 Å². The van der Waals surface area contributed by atoms with Crippen molar-refractivity contribution < 1.29 is 18.0 Å². The van der Waals surface area contributed by atoms with Crippen LogP contribution in [0.15, 0.2) is 24.3 Å². The molecule has 2 fully saturated rings. The van der Waals surface area contributed by atoms with Gasteiger partial charge in [0, 0.05) is 17.0 Å². The molecular formula is C16H19ClN2O4S. The second-order valence-corrected chi connectivity index (χ2v) is 9.05. The van der Waals surface area contributed by atoms with Crippen molar-refractivity contribution in [3.05, 3.63) is 34.9 Å². The lowest BCUT2D eigenvalue weighted by molar-refractivity contribution is -0.127. The maximum Gasteiger partial charge on any atom is 0.239 e. The molecule has 1 aliphatic carbocycles. The van der Waals surface area contributed by atoms with Gasteiger partial charge in [-0.3, -0.25) is 9.59 Å². The molecule has 130 valence electrons. The Bertz CT molecular complexity index is 765. The second-order valence-electron chi connectivity index (χ2n) is 6.39. The van der Waals surface area contributed by atoms with E-state index in [9.17, 15) is 18.0 Å². The summed E-state index contributed by atoms with van der Waals surface area (Å²) in [6, 6.07) is 7.09. The Kier molecular flexibility index (Phi) is 4.83. The van der Waals surface area contributed by atoms with Crippen molar-refractivity contribution in [3.63, 3.8) is 0 Å². The van der Waals surface area contributed by atoms with Crippen LogP contribution in [0.25, 0.3) is 0 Å². The summed E-state index contributed by atoms with van der Waals surface area (Å²) >= 11 is 5.95. The summed E-state index contributed by atoms with van der Waals surface area (Å²) in [6.45, 7) is -0.131. The molecule has 0 radical (unpaired) electrons. The summed E-state index contributed by atoms with van der Waals surface area (Å²) in [7, 11) is -3.03. The molecule has 2 N–H and O–H groups in total. The smallest absolute Gasteiger partial charge is 0.239 e. The summed E-state index contributed by atoms with van der Waals surface area (Å²) < 4.78 is 22.7. The molecule has 1 aliphatic heterocycles. The molecule has 24 heavy (non-hydrogen) atoms. The van der Waals surface area contributed by atoms with Gasteiger partial charge in [-0.2, -0.15) is 0 Å². The number of rotatable bonds is 5. The lowest BCUT2D eigenvalue weighted by atomic mass is 10.1. The van der Waals surface area contributed by atoms with Crippen LogP contribution in [0.4, 0.5) is 0 Å². The Morgan fingerprint density at radius 1 is 1.29 bits per heavy atom. The molecule has 1 aromatic rings. The average Bonchev–Trinajstić information content (AvgIpc) is 3.24. The third kappa shape index (κ3) is 4.27. The largest absolute Gasteiger partial charge is 0.351 e. The zero-order valence-corrected chi connectivity index (χ0v) is 14.6. The first-order valence-electron chi connectivity index (χ1n) is 7.87. The Balaban J connectivity index is 1.43. The van der Waals surface area contributed by atoms with Crippen LogP contribution in [0.3, 0.4) is 0 Å². The number of hydrogen-bond acceptors (Lipinski definition) is 4. The topological polar surface area (TPSA) is 92.3 Å². The Morgan fingerprint density at radius 2 is 2.08 bits per heavy atom. The van der Waals surface area contributed by atoms with Crippen LogP contribution >= 0.6 is 11.6 Å². The fourth-order valence-electron chi connectivity index (χ4n) is 3.08. The molecule has 8 heteroatoms. The van der Waals surface area contributed by atoms with E-state index in [1.54, 1.807) is 6.07 Å². The lowest BCUT2D eigenvalue weighted by Crippen LogP contribution is -2.42. The highest BCUT2D eigenvalue weighted by molar-refractivity contribution is 7.91. The predicted octanol–water partition coefficient (Wildman–Crippen LogP) is 0.863. The Morgan fingerprint density at radius 3 is 2.75 bits per heavy atom. The molecule has 0 spiro atoms. The predicted molar refractivity (Wildman–Crippen MR) is 90.5 cm³/mol. The number of benzene rings is 1. The third-order valence-corrected chi connectivity index (χ3v) is 6.43. The first-order valence-corrected chi connectivity index (χ1v) is 10.1. The second kappa shape index (κ2) is 6.72. The van der Waals surface area contributed by atoms with Crippen molar-refractivity contribution >= 4 is 33.3 Å². The van der Waals surface area contributed by atoms with E-state index < -0.39 is 9.84 Å². The molecule has 2 aliphatic rings. The van der Waals surface area contributed by atoms with Crippen LogP contribution in [0.2, 0.25) is 5.02 Å². The minimum Gasteiger partial charge on any atom is -0.351 e. The zero-order chi connectivity index (χ0) is 17.3. The number of hydrogen-bond donors (Lipinski definition) is 2. The highest BCUT2D eigenvalue weighted by atomic mass is 35.5. The normalized spacial score (nSPS) is 27.5. The molecule has 2 amide bonds. The first-order chi connectivity index (χ1) is 11.3. The van der Waals surface area contributed by atoms with Crippen LogP contribution < -0.4 is 10.6 Å². The maximum atomic E-state index is 12.1. The molecule has 1 saturated carbocycles. The molecule has 0 aromatic heterocycles. The van der Waals surface area contributed by atoms with Gasteiger partial charge in [0.1, 0.15) is 0 Å². The SMILES string of the molecule is O=C(CNC(=O)[C@@H]1C[C@H]1c1cccc(Cl)c1)N[C@@H]1CCS(=O)(=O)C1. The van der Waals surface area contributed by atoms with Crippen LogP contribution in [-0.4, -0.2) is 44.3 Å². The van der Waals surface area contributed by atoms with Crippen molar-refractivity contribution in [2.24, 2.45) is 5.92 Å². The molecular weight excluding hydrogens is 352 g/mol. The fourth-order valence-corrected chi connectivity index (χ4v) is 4.95. The van der Waals surface area contributed by atoms with E-state index >= 15 is 0 Å². The fraction of sp³-hybridized carbons (Fsp3) is 0.500. The van der Waals surface area contributed by atoms with Crippen molar-refractivity contribution in [2.75, 3.05) is 18.1 Å². The van der Waals surface area contributed by atoms with E-state index in [4.69, 9.17) is 11.6 Å². The number of nitrogens with one attached hydrogen (secondary N) is 2. The van der Waals surface area contributed by atoms with Crippen molar-refractivity contribution in [1.29, 1.82) is 0 Å². The average molecular weight is 371 g/mol. The third-order valence-electron chi connectivity index (χ3n) is 4.42. The van der Waals surface area contributed by atoms with E-state index in [0.717, 1.165) is 12.0 Å². The van der Waals surface area contributed by atoms with Crippen molar-refractivity contribution in [2.45, 2.75) is 24.8 Å². The van der Waals surface area contributed by atoms with Crippen LogP contribution in [0, 0.1) is 5.92 Å². The van der Waals surface area contributed by atoms with Gasteiger partial charge in [0.2, 0.25) is 11.8 Å². The standard InChI is InChI=1S/C16H19ClN2O4S/c17-11-3-1-2-10(6-11)13-7-14(13)16(21)18-8-15(20)19-12-4-5-24(22,23)9-12/h1-3,6,12-14H,4-5,7-9H2,(H,18,21)(H,19,20)/t12-,13+,14-/m1/s1. The lowest BCUT2D eigenvalue weighted by Gasteiger charge is -2.11. The first kappa shape index (κ1) is 17.2. The zero-order valence-electron chi connectivity index (χ0n) is 13.0. The minimum atomic E-state index is -3.03. The Hall–Kier alpha value is -1.60. The van der Waals surface area contributed by atoms with Crippen molar-refractivity contribution in [1.82, 2.24) is 10.6 Å². The molecule has 3 rings (SSSR count). The summed E-state index contributed by atoms with van der Waals surface area (Å²) in [5, 5.41) is 5.91. The van der Waals surface area contributed by atoms with E-state index in [1.165, 1.54) is 0 Å². The number of halogens is 1. The van der Waals surface area contributed by atoms with Gasteiger partial charge in [-0.1, -0.05) is 23.7 Å². The molecule has 0 unspecified atom stereocenters. The highest BCUT2D eigenvalue weighted by Gasteiger charge is 2.44. The van der Waals surface area contributed by atoms with Gasteiger partial charge in [0.25, 0.3) is 0 Å². The van der Waals surface area contributed by atoms with E-state index in [-0.39, 0.29) is 47.7 Å². The van der Waals surface area contributed by atoms with Gasteiger partial charge in [-0.05, 0) is 36.5 Å². The molecule has 1 aromatic carbocycles. The van der Waals surface area contributed by atoms with E-state index in [1.807, 2.05) is 18.2 Å². The Labute approximate surface area is 145 Å². The summed E-state index contributed by atoms with van der Waals surface area (Å²) in [5.41, 5.74) is 1.03. The summed E-state index contributed by atoms with van der Waals surface area (Å²) in [5.74, 6) is -0.422. The molecule has 1 saturated heterocycles. The van der Waals surface area contributed by atoms with Gasteiger partial charge >= 0.3 is 0 Å². The van der Waals surface area contributed by atoms with E-state index in [0.29, 0.717) is 11.4 Å². The van der Waals surface area contributed by atoms with Gasteiger partial charge in [-0.25, -0.2) is 8.42 Å². The van der Waals surface area contributed by atoms with Gasteiger partial charge in [-0.15, -0.1) is 0 Å². The number of sulfone groups is 1. The highest BCUT2D eigenvalue weighted by Crippen LogP contribution is 2.47. The van der Waals surface area contributed by atoms with Gasteiger partial charge in [0.15, 0.2) is 9.84 Å².